The van der Waals surface area contributed by atoms with Crippen molar-refractivity contribution in [1.82, 2.24) is 15.2 Å². The van der Waals surface area contributed by atoms with Gasteiger partial charge in [-0.15, -0.1) is 0 Å². The zero-order chi connectivity index (χ0) is 15.8. The van der Waals surface area contributed by atoms with E-state index in [0.717, 1.165) is 13.1 Å². The second-order valence-corrected chi connectivity index (χ2v) is 6.31. The standard InChI is InChI=1S/C17H31N3O/c1-13(2)18-11-16-7-8-17(19-12-16)21-10-9-20(14(3)4)15(5)6/h7-8,12-15,18H,9-11H2,1-6H3. The number of nitrogens with one attached hydrogen (secondary N) is 1. The Hall–Kier alpha value is -1.13. The lowest BCUT2D eigenvalue weighted by Gasteiger charge is -2.30. The highest BCUT2D eigenvalue weighted by Crippen LogP contribution is 2.09. The molecule has 0 aromatic carbocycles. The summed E-state index contributed by atoms with van der Waals surface area (Å²) in [5.41, 5.74) is 1.18. The third-order valence-corrected chi connectivity index (χ3v) is 3.44. The lowest BCUT2D eigenvalue weighted by molar-refractivity contribution is 0.140. The number of nitrogens with zero attached hydrogens (tertiary/aromatic N) is 2. The van der Waals surface area contributed by atoms with Crippen LogP contribution in [0.1, 0.15) is 47.1 Å². The predicted molar refractivity (Wildman–Crippen MR) is 88.7 cm³/mol. The molecule has 0 radical (unpaired) electrons. The minimum Gasteiger partial charge on any atom is -0.476 e. The summed E-state index contributed by atoms with van der Waals surface area (Å²) in [7, 11) is 0. The Morgan fingerprint density at radius 3 is 2.24 bits per heavy atom. The zero-order valence-electron chi connectivity index (χ0n) is 14.4. The van der Waals surface area contributed by atoms with Gasteiger partial charge in [-0.25, -0.2) is 4.98 Å². The molecule has 1 heterocycles. The number of ether oxygens (including phenoxy) is 1. The van der Waals surface area contributed by atoms with E-state index in [1.165, 1.54) is 5.56 Å². The van der Waals surface area contributed by atoms with E-state index in [9.17, 15) is 0 Å². The zero-order valence-corrected chi connectivity index (χ0v) is 14.4. The third-order valence-electron chi connectivity index (χ3n) is 3.44. The van der Waals surface area contributed by atoms with E-state index >= 15 is 0 Å². The minimum absolute atomic E-state index is 0.485. The van der Waals surface area contributed by atoms with Gasteiger partial charge < -0.3 is 10.1 Å². The van der Waals surface area contributed by atoms with Crippen molar-refractivity contribution in [3.8, 4) is 5.88 Å². The molecule has 0 saturated heterocycles. The van der Waals surface area contributed by atoms with Crippen LogP contribution in [0, 0.1) is 0 Å². The van der Waals surface area contributed by atoms with Crippen LogP contribution in [0.5, 0.6) is 5.88 Å². The molecule has 0 aliphatic heterocycles. The summed E-state index contributed by atoms with van der Waals surface area (Å²) in [5, 5.41) is 3.38. The highest BCUT2D eigenvalue weighted by atomic mass is 16.5. The lowest BCUT2D eigenvalue weighted by atomic mass is 10.2. The molecule has 21 heavy (non-hydrogen) atoms. The van der Waals surface area contributed by atoms with Gasteiger partial charge in [0.1, 0.15) is 6.61 Å². The monoisotopic (exact) mass is 293 g/mol. The average molecular weight is 293 g/mol. The quantitative estimate of drug-likeness (QED) is 0.759. The summed E-state index contributed by atoms with van der Waals surface area (Å²) in [4.78, 5) is 6.78. The van der Waals surface area contributed by atoms with Crippen molar-refractivity contribution in [2.45, 2.75) is 66.2 Å². The molecule has 120 valence electrons. The second kappa shape index (κ2) is 9.00. The average Bonchev–Trinajstić information content (AvgIpc) is 2.41. The molecule has 4 heteroatoms. The highest BCUT2D eigenvalue weighted by Gasteiger charge is 2.12. The minimum atomic E-state index is 0.485. The first kappa shape index (κ1) is 17.9. The molecule has 0 saturated carbocycles. The van der Waals surface area contributed by atoms with Crippen LogP contribution in [0.25, 0.3) is 0 Å². The van der Waals surface area contributed by atoms with Crippen LogP contribution in [-0.4, -0.2) is 41.2 Å². The maximum absolute atomic E-state index is 5.74. The van der Waals surface area contributed by atoms with Gasteiger partial charge in [0.15, 0.2) is 0 Å². The molecule has 4 nitrogen and oxygen atoms in total. The Kier molecular flexibility index (Phi) is 7.68. The molecular weight excluding hydrogens is 262 g/mol. The van der Waals surface area contributed by atoms with Crippen molar-refractivity contribution in [2.24, 2.45) is 0 Å². The Labute approximate surface area is 129 Å². The van der Waals surface area contributed by atoms with Crippen molar-refractivity contribution in [3.05, 3.63) is 23.9 Å². The van der Waals surface area contributed by atoms with Crippen molar-refractivity contribution in [3.63, 3.8) is 0 Å². The van der Waals surface area contributed by atoms with Gasteiger partial charge in [-0.1, -0.05) is 19.9 Å². The van der Waals surface area contributed by atoms with Gasteiger partial charge >= 0.3 is 0 Å². The van der Waals surface area contributed by atoms with E-state index in [-0.39, 0.29) is 0 Å². The molecule has 1 N–H and O–H groups in total. The van der Waals surface area contributed by atoms with Crippen LogP contribution in [0.15, 0.2) is 18.3 Å². The van der Waals surface area contributed by atoms with Gasteiger partial charge in [0.2, 0.25) is 5.88 Å². The van der Waals surface area contributed by atoms with Crippen molar-refractivity contribution >= 4 is 0 Å². The first-order valence-electron chi connectivity index (χ1n) is 7.97. The molecule has 0 amide bonds. The van der Waals surface area contributed by atoms with E-state index in [2.05, 4.69) is 62.8 Å². The molecule has 0 aliphatic rings. The van der Waals surface area contributed by atoms with Gasteiger partial charge in [0, 0.05) is 43.5 Å². The SMILES string of the molecule is CC(C)NCc1ccc(OCCN(C(C)C)C(C)C)nc1. The van der Waals surface area contributed by atoms with E-state index in [0.29, 0.717) is 30.6 Å². The number of hydrogen-bond acceptors (Lipinski definition) is 4. The Balaban J connectivity index is 2.38. The van der Waals surface area contributed by atoms with Gasteiger partial charge in [-0.3, -0.25) is 4.90 Å². The van der Waals surface area contributed by atoms with E-state index in [4.69, 9.17) is 4.74 Å². The molecule has 1 aromatic heterocycles. The summed E-state index contributed by atoms with van der Waals surface area (Å²) in [5.74, 6) is 0.704. The topological polar surface area (TPSA) is 37.4 Å². The maximum Gasteiger partial charge on any atom is 0.213 e. The Bertz CT molecular complexity index is 380. The van der Waals surface area contributed by atoms with E-state index in [1.807, 2.05) is 12.3 Å². The molecule has 0 aliphatic carbocycles. The molecule has 0 fully saturated rings. The van der Waals surface area contributed by atoms with E-state index < -0.39 is 0 Å². The summed E-state index contributed by atoms with van der Waals surface area (Å²) in [6, 6.07) is 5.57. The molecule has 0 spiro atoms. The van der Waals surface area contributed by atoms with Crippen LogP contribution in [0.3, 0.4) is 0 Å². The maximum atomic E-state index is 5.74. The fraction of sp³-hybridized carbons (Fsp3) is 0.706. The molecular formula is C17H31N3O. The van der Waals surface area contributed by atoms with Crippen LogP contribution in [0.2, 0.25) is 0 Å². The van der Waals surface area contributed by atoms with Crippen molar-refractivity contribution in [1.29, 1.82) is 0 Å². The van der Waals surface area contributed by atoms with Crippen LogP contribution in [0.4, 0.5) is 0 Å². The second-order valence-electron chi connectivity index (χ2n) is 6.31. The Morgan fingerprint density at radius 1 is 1.10 bits per heavy atom. The number of rotatable bonds is 9. The molecule has 1 aromatic rings. The molecule has 1 rings (SSSR count). The normalized spacial score (nSPS) is 11.9. The number of hydrogen-bond donors (Lipinski definition) is 1. The molecule has 0 bridgehead atoms. The Morgan fingerprint density at radius 2 is 1.76 bits per heavy atom. The van der Waals surface area contributed by atoms with Crippen molar-refractivity contribution in [2.75, 3.05) is 13.2 Å². The first-order chi connectivity index (χ1) is 9.90. The van der Waals surface area contributed by atoms with Gasteiger partial charge in [0.05, 0.1) is 0 Å². The van der Waals surface area contributed by atoms with Gasteiger partial charge in [-0.2, -0.15) is 0 Å². The fourth-order valence-corrected chi connectivity index (χ4v) is 2.29. The van der Waals surface area contributed by atoms with Crippen LogP contribution in [-0.2, 0) is 6.54 Å². The first-order valence-corrected chi connectivity index (χ1v) is 7.97. The van der Waals surface area contributed by atoms with E-state index in [1.54, 1.807) is 0 Å². The van der Waals surface area contributed by atoms with Crippen LogP contribution >= 0.6 is 0 Å². The highest BCUT2D eigenvalue weighted by molar-refractivity contribution is 5.17. The van der Waals surface area contributed by atoms with Crippen molar-refractivity contribution < 1.29 is 4.74 Å². The summed E-state index contributed by atoms with van der Waals surface area (Å²) < 4.78 is 5.74. The summed E-state index contributed by atoms with van der Waals surface area (Å²) in [6.45, 7) is 15.6. The largest absolute Gasteiger partial charge is 0.476 e. The smallest absolute Gasteiger partial charge is 0.213 e. The fourth-order valence-electron chi connectivity index (χ4n) is 2.29. The number of pyridine rings is 1. The lowest BCUT2D eigenvalue weighted by Crippen LogP contribution is -2.39. The molecule has 0 atom stereocenters. The summed E-state index contributed by atoms with van der Waals surface area (Å²) in [6.07, 6.45) is 1.88. The number of aromatic nitrogens is 1. The third kappa shape index (κ3) is 6.91. The van der Waals surface area contributed by atoms with Gasteiger partial charge in [-0.05, 0) is 33.3 Å². The molecule has 0 unspecified atom stereocenters. The van der Waals surface area contributed by atoms with Crippen LogP contribution < -0.4 is 10.1 Å². The predicted octanol–water partition coefficient (Wildman–Crippen LogP) is 3.08. The van der Waals surface area contributed by atoms with Gasteiger partial charge in [0.25, 0.3) is 0 Å². The summed E-state index contributed by atoms with van der Waals surface area (Å²) >= 11 is 0.